The smallest absolute Gasteiger partial charge is 0.179 e. The van der Waals surface area contributed by atoms with Gasteiger partial charge in [-0.1, -0.05) is 0 Å². The zero-order chi connectivity index (χ0) is 11.7. The molecule has 0 aliphatic heterocycles. The Balaban J connectivity index is 2.50. The van der Waals surface area contributed by atoms with Gasteiger partial charge in [0.2, 0.25) is 0 Å². The Bertz CT molecular complexity index is 424. The van der Waals surface area contributed by atoms with Crippen molar-refractivity contribution in [2.75, 3.05) is 7.11 Å². The fourth-order valence-corrected chi connectivity index (χ4v) is 2.34. The van der Waals surface area contributed by atoms with E-state index in [2.05, 4.69) is 0 Å². The maximum Gasteiger partial charge on any atom is 0.179 e. The molecule has 16 heavy (non-hydrogen) atoms. The van der Waals surface area contributed by atoms with Crippen molar-refractivity contribution in [1.29, 1.82) is 0 Å². The van der Waals surface area contributed by atoms with Crippen LogP contribution in [0.1, 0.15) is 34.8 Å². The van der Waals surface area contributed by atoms with Crippen molar-refractivity contribution in [1.82, 2.24) is 0 Å². The van der Waals surface area contributed by atoms with Crippen molar-refractivity contribution >= 4 is 5.78 Å². The molecular weight excluding hydrogens is 202 g/mol. The van der Waals surface area contributed by atoms with Gasteiger partial charge in [0, 0.05) is 5.56 Å². The molecule has 3 nitrogen and oxygen atoms in total. The lowest BCUT2D eigenvalue weighted by molar-refractivity contribution is 0.0967. The summed E-state index contributed by atoms with van der Waals surface area (Å²) >= 11 is 0. The Hall–Kier alpha value is -1.35. The van der Waals surface area contributed by atoms with Crippen LogP contribution in [-0.4, -0.2) is 18.9 Å². The summed E-state index contributed by atoms with van der Waals surface area (Å²) in [6, 6.07) is 3.28. The molecule has 1 aliphatic rings. The Morgan fingerprint density at radius 3 is 2.69 bits per heavy atom. The van der Waals surface area contributed by atoms with E-state index in [4.69, 9.17) is 10.5 Å². The number of hydrogen-bond acceptors (Lipinski definition) is 3. The second-order valence-electron chi connectivity index (χ2n) is 4.28. The molecule has 1 aromatic carbocycles. The highest BCUT2D eigenvalue weighted by Gasteiger charge is 2.23. The topological polar surface area (TPSA) is 52.3 Å². The first-order chi connectivity index (χ1) is 7.65. The molecule has 0 radical (unpaired) electrons. The van der Waals surface area contributed by atoms with Gasteiger partial charge >= 0.3 is 0 Å². The molecule has 3 heteroatoms. The zero-order valence-electron chi connectivity index (χ0n) is 9.75. The van der Waals surface area contributed by atoms with Gasteiger partial charge in [-0.25, -0.2) is 0 Å². The van der Waals surface area contributed by atoms with E-state index in [1.165, 1.54) is 5.56 Å². The predicted molar refractivity (Wildman–Crippen MR) is 63.0 cm³/mol. The summed E-state index contributed by atoms with van der Waals surface area (Å²) in [5.41, 5.74) is 8.76. The number of Topliss-reactive ketones (excluding diaryl/α,β-unsaturated/α-hetero) is 1. The quantitative estimate of drug-likeness (QED) is 0.787. The molecule has 0 fully saturated rings. The van der Waals surface area contributed by atoms with Gasteiger partial charge in [0.15, 0.2) is 5.78 Å². The highest BCUT2D eigenvalue weighted by atomic mass is 16.5. The minimum absolute atomic E-state index is 0.0285. The number of nitrogens with two attached hydrogens (primary N) is 1. The number of rotatable bonds is 3. The largest absolute Gasteiger partial charge is 0.496 e. The van der Waals surface area contributed by atoms with Crippen LogP contribution < -0.4 is 10.5 Å². The van der Waals surface area contributed by atoms with E-state index in [1.54, 1.807) is 14.0 Å². The highest BCUT2D eigenvalue weighted by molar-refractivity contribution is 6.01. The lowest BCUT2D eigenvalue weighted by atomic mass is 9.96. The number of carbonyl (C=O) groups excluding carboxylic acids is 1. The molecule has 0 aromatic heterocycles. The van der Waals surface area contributed by atoms with Crippen LogP contribution >= 0.6 is 0 Å². The van der Waals surface area contributed by atoms with E-state index in [-0.39, 0.29) is 5.78 Å². The first-order valence-electron chi connectivity index (χ1n) is 5.63. The molecule has 1 unspecified atom stereocenters. The average molecular weight is 219 g/mol. The molecule has 0 heterocycles. The molecule has 0 saturated carbocycles. The van der Waals surface area contributed by atoms with E-state index in [0.717, 1.165) is 36.1 Å². The minimum atomic E-state index is -0.432. The molecule has 2 rings (SSSR count). The number of fused-ring (bicyclic) bond motifs is 1. The molecule has 0 bridgehead atoms. The van der Waals surface area contributed by atoms with Gasteiger partial charge in [-0.3, -0.25) is 4.79 Å². The summed E-state index contributed by atoms with van der Waals surface area (Å²) in [6.07, 6.45) is 3.05. The molecule has 0 spiro atoms. The summed E-state index contributed by atoms with van der Waals surface area (Å²) in [6.45, 7) is 1.73. The SMILES string of the molecule is COc1ccc(C(=O)C(C)N)c2c1CCC2. The van der Waals surface area contributed by atoms with Crippen LogP contribution in [-0.2, 0) is 12.8 Å². The number of benzene rings is 1. The average Bonchev–Trinajstić information content (AvgIpc) is 2.75. The monoisotopic (exact) mass is 219 g/mol. The zero-order valence-corrected chi connectivity index (χ0v) is 9.75. The van der Waals surface area contributed by atoms with Crippen LogP contribution in [0.3, 0.4) is 0 Å². The Morgan fingerprint density at radius 2 is 2.06 bits per heavy atom. The lowest BCUT2D eigenvalue weighted by Crippen LogP contribution is -2.27. The van der Waals surface area contributed by atoms with E-state index < -0.39 is 6.04 Å². The van der Waals surface area contributed by atoms with Gasteiger partial charge in [0.25, 0.3) is 0 Å². The van der Waals surface area contributed by atoms with E-state index >= 15 is 0 Å². The van der Waals surface area contributed by atoms with Gasteiger partial charge in [-0.05, 0) is 49.4 Å². The van der Waals surface area contributed by atoms with Crippen LogP contribution in [0.2, 0.25) is 0 Å². The van der Waals surface area contributed by atoms with Crippen LogP contribution in [0.15, 0.2) is 12.1 Å². The van der Waals surface area contributed by atoms with Gasteiger partial charge in [-0.2, -0.15) is 0 Å². The molecule has 0 saturated heterocycles. The number of methoxy groups -OCH3 is 1. The van der Waals surface area contributed by atoms with Crippen LogP contribution in [0.4, 0.5) is 0 Å². The fourth-order valence-electron chi connectivity index (χ4n) is 2.34. The highest BCUT2D eigenvalue weighted by Crippen LogP contribution is 2.33. The molecule has 86 valence electrons. The first-order valence-corrected chi connectivity index (χ1v) is 5.63. The second-order valence-corrected chi connectivity index (χ2v) is 4.28. The Morgan fingerprint density at radius 1 is 1.38 bits per heavy atom. The standard InChI is InChI=1S/C13H17NO2/c1-8(14)13(15)11-6-7-12(16-2)10-5-3-4-9(10)11/h6-8H,3-5,14H2,1-2H3. The van der Waals surface area contributed by atoms with E-state index in [1.807, 2.05) is 12.1 Å². The molecule has 0 amide bonds. The van der Waals surface area contributed by atoms with Crippen molar-refractivity contribution in [3.05, 3.63) is 28.8 Å². The van der Waals surface area contributed by atoms with Gasteiger partial charge < -0.3 is 10.5 Å². The number of hydrogen-bond donors (Lipinski definition) is 1. The molecule has 1 atom stereocenters. The maximum absolute atomic E-state index is 11.9. The summed E-state index contributed by atoms with van der Waals surface area (Å²) < 4.78 is 5.31. The number of carbonyl (C=O) groups is 1. The first kappa shape index (κ1) is 11.1. The van der Waals surface area contributed by atoms with Gasteiger partial charge in [-0.15, -0.1) is 0 Å². The van der Waals surface area contributed by atoms with Crippen LogP contribution in [0.25, 0.3) is 0 Å². The number of ether oxygens (including phenoxy) is 1. The second kappa shape index (κ2) is 4.26. The van der Waals surface area contributed by atoms with Crippen molar-refractivity contribution < 1.29 is 9.53 Å². The van der Waals surface area contributed by atoms with Gasteiger partial charge in [0.1, 0.15) is 5.75 Å². The minimum Gasteiger partial charge on any atom is -0.496 e. The summed E-state index contributed by atoms with van der Waals surface area (Å²) in [5.74, 6) is 0.925. The van der Waals surface area contributed by atoms with Crippen molar-refractivity contribution in [2.24, 2.45) is 5.73 Å². The van der Waals surface area contributed by atoms with E-state index in [0.29, 0.717) is 0 Å². The van der Waals surface area contributed by atoms with E-state index in [9.17, 15) is 4.79 Å². The van der Waals surface area contributed by atoms with Crippen LogP contribution in [0, 0.1) is 0 Å². The Labute approximate surface area is 95.6 Å². The third-order valence-electron chi connectivity index (χ3n) is 3.14. The summed E-state index contributed by atoms with van der Waals surface area (Å²) in [5, 5.41) is 0. The summed E-state index contributed by atoms with van der Waals surface area (Å²) in [4.78, 5) is 11.9. The van der Waals surface area contributed by atoms with Crippen molar-refractivity contribution in [3.63, 3.8) is 0 Å². The third kappa shape index (κ3) is 1.71. The van der Waals surface area contributed by atoms with Crippen molar-refractivity contribution in [2.45, 2.75) is 32.2 Å². The summed E-state index contributed by atoms with van der Waals surface area (Å²) in [7, 11) is 1.67. The Kier molecular flexibility index (Phi) is 2.97. The van der Waals surface area contributed by atoms with Gasteiger partial charge in [0.05, 0.1) is 13.2 Å². The van der Waals surface area contributed by atoms with Crippen molar-refractivity contribution in [3.8, 4) is 5.75 Å². The third-order valence-corrected chi connectivity index (χ3v) is 3.14. The molecule has 1 aromatic rings. The molecule has 1 aliphatic carbocycles. The maximum atomic E-state index is 11.9. The molecular formula is C13H17NO2. The number of ketones is 1. The fraction of sp³-hybridized carbons (Fsp3) is 0.462. The van der Waals surface area contributed by atoms with Crippen LogP contribution in [0.5, 0.6) is 5.75 Å². The lowest BCUT2D eigenvalue weighted by Gasteiger charge is -2.12. The molecule has 2 N–H and O–H groups in total. The normalized spacial score (nSPS) is 15.7. The predicted octanol–water partition coefficient (Wildman–Crippen LogP) is 1.71.